The first-order valence-corrected chi connectivity index (χ1v) is 9.66. The lowest BCUT2D eigenvalue weighted by Gasteiger charge is -2.32. The fourth-order valence-corrected chi connectivity index (χ4v) is 3.88. The summed E-state index contributed by atoms with van der Waals surface area (Å²) in [5.41, 5.74) is 3.88. The lowest BCUT2D eigenvalue weighted by Crippen LogP contribution is -2.35. The van der Waals surface area contributed by atoms with Gasteiger partial charge in [-0.1, -0.05) is 30.3 Å². The van der Waals surface area contributed by atoms with Crippen LogP contribution in [0.5, 0.6) is 5.75 Å². The summed E-state index contributed by atoms with van der Waals surface area (Å²) in [4.78, 5) is 29.2. The minimum atomic E-state index is -0.263. The van der Waals surface area contributed by atoms with E-state index in [4.69, 9.17) is 4.74 Å². The summed E-state index contributed by atoms with van der Waals surface area (Å²) >= 11 is 0. The van der Waals surface area contributed by atoms with Gasteiger partial charge in [0, 0.05) is 19.3 Å². The maximum Gasteiger partial charge on any atom is 0.277 e. The Bertz CT molecular complexity index is 960. The van der Waals surface area contributed by atoms with E-state index in [9.17, 15) is 9.59 Å². The summed E-state index contributed by atoms with van der Waals surface area (Å²) in [7, 11) is 1.55. The molecule has 4 rings (SSSR count). The highest BCUT2D eigenvalue weighted by molar-refractivity contribution is 6.36. The van der Waals surface area contributed by atoms with Crippen molar-refractivity contribution in [1.29, 1.82) is 0 Å². The molecule has 2 heterocycles. The number of carbonyl (C=O) groups is 2. The predicted octanol–water partition coefficient (Wildman–Crippen LogP) is 3.64. The smallest absolute Gasteiger partial charge is 0.277 e. The third-order valence-electron chi connectivity index (χ3n) is 5.16. The van der Waals surface area contributed by atoms with Gasteiger partial charge < -0.3 is 9.64 Å². The van der Waals surface area contributed by atoms with Gasteiger partial charge in [0.25, 0.3) is 11.8 Å². The first kappa shape index (κ1) is 18.3. The average molecular weight is 376 g/mol. The number of rotatable bonds is 4. The first-order chi connectivity index (χ1) is 13.5. The molecule has 0 radical (unpaired) electrons. The van der Waals surface area contributed by atoms with E-state index in [1.165, 1.54) is 10.5 Å². The van der Waals surface area contributed by atoms with E-state index in [2.05, 4.69) is 6.07 Å². The van der Waals surface area contributed by atoms with Crippen LogP contribution in [0.4, 0.5) is 5.69 Å². The molecule has 2 aromatic rings. The number of amides is 2. The maximum absolute atomic E-state index is 13.0. The quantitative estimate of drug-likeness (QED) is 0.765. The summed E-state index contributed by atoms with van der Waals surface area (Å²) in [5.74, 6) is 0.231. The van der Waals surface area contributed by atoms with E-state index in [1.54, 1.807) is 7.05 Å². The van der Waals surface area contributed by atoms with Crippen LogP contribution in [0.1, 0.15) is 31.4 Å². The van der Waals surface area contributed by atoms with Crippen molar-refractivity contribution in [1.82, 2.24) is 4.90 Å². The van der Waals surface area contributed by atoms with Gasteiger partial charge in [0.2, 0.25) is 0 Å². The molecule has 5 heteroatoms. The van der Waals surface area contributed by atoms with E-state index >= 15 is 0 Å². The zero-order chi connectivity index (χ0) is 19.8. The molecule has 5 nitrogen and oxygen atoms in total. The highest BCUT2D eigenvalue weighted by Gasteiger charge is 2.40. The molecule has 2 aliphatic rings. The fourth-order valence-electron chi connectivity index (χ4n) is 3.88. The van der Waals surface area contributed by atoms with Gasteiger partial charge in [0.1, 0.15) is 11.4 Å². The van der Waals surface area contributed by atoms with Gasteiger partial charge in [-0.15, -0.1) is 0 Å². The van der Waals surface area contributed by atoms with Crippen molar-refractivity contribution >= 4 is 23.1 Å². The van der Waals surface area contributed by atoms with Crippen LogP contribution in [0.3, 0.4) is 0 Å². The maximum atomic E-state index is 13.0. The van der Waals surface area contributed by atoms with Crippen LogP contribution in [0.2, 0.25) is 0 Å². The molecule has 0 bridgehead atoms. The molecule has 28 heavy (non-hydrogen) atoms. The van der Waals surface area contributed by atoms with Gasteiger partial charge in [0.05, 0.1) is 11.7 Å². The van der Waals surface area contributed by atoms with Gasteiger partial charge in [-0.3, -0.25) is 14.5 Å². The molecule has 0 aromatic heterocycles. The minimum absolute atomic E-state index is 0.0753. The van der Waals surface area contributed by atoms with Crippen molar-refractivity contribution in [3.8, 4) is 5.75 Å². The average Bonchev–Trinajstić information content (AvgIpc) is 2.92. The lowest BCUT2D eigenvalue weighted by atomic mass is 9.98. The second kappa shape index (κ2) is 7.15. The molecule has 2 aliphatic heterocycles. The monoisotopic (exact) mass is 376 g/mol. The Balaban J connectivity index is 1.81. The number of hydrogen-bond donors (Lipinski definition) is 0. The van der Waals surface area contributed by atoms with Crippen LogP contribution in [-0.4, -0.2) is 36.4 Å². The molecule has 0 saturated heterocycles. The number of aryl methyl sites for hydroxylation is 1. The van der Waals surface area contributed by atoms with Crippen molar-refractivity contribution < 1.29 is 14.3 Å². The van der Waals surface area contributed by atoms with Crippen LogP contribution >= 0.6 is 0 Å². The topological polar surface area (TPSA) is 49.9 Å². The predicted molar refractivity (Wildman–Crippen MR) is 109 cm³/mol. The molecule has 2 amide bonds. The number of ether oxygens (including phenoxy) is 1. The largest absolute Gasteiger partial charge is 0.491 e. The standard InChI is InChI=1S/C23H24N2O3/c1-15(2)28-18-12-10-17(11-13-18)20-21(23(27)24(3)22(20)26)25-14-6-8-16-7-4-5-9-19(16)25/h4-5,7,9-13,15H,6,8,14H2,1-3H3. The molecule has 0 fully saturated rings. The van der Waals surface area contributed by atoms with Crippen LogP contribution in [0.15, 0.2) is 54.2 Å². The second-order valence-corrected chi connectivity index (χ2v) is 7.47. The molecular weight excluding hydrogens is 352 g/mol. The Labute approximate surface area is 165 Å². The number of hydrogen-bond acceptors (Lipinski definition) is 4. The molecule has 0 spiro atoms. The number of nitrogens with zero attached hydrogens (tertiary/aromatic N) is 2. The normalized spacial score (nSPS) is 16.9. The first-order valence-electron chi connectivity index (χ1n) is 9.66. The summed E-state index contributed by atoms with van der Waals surface area (Å²) in [6.45, 7) is 4.66. The van der Waals surface area contributed by atoms with Gasteiger partial charge in [-0.05, 0) is 56.0 Å². The molecule has 0 aliphatic carbocycles. The highest BCUT2D eigenvalue weighted by atomic mass is 16.5. The second-order valence-electron chi connectivity index (χ2n) is 7.47. The van der Waals surface area contributed by atoms with Crippen LogP contribution in [0, 0.1) is 0 Å². The van der Waals surface area contributed by atoms with Crippen LogP contribution in [-0.2, 0) is 16.0 Å². The summed E-state index contributed by atoms with van der Waals surface area (Å²) < 4.78 is 5.70. The molecule has 0 N–H and O–H groups in total. The number of anilines is 1. The van der Waals surface area contributed by atoms with E-state index in [-0.39, 0.29) is 17.9 Å². The van der Waals surface area contributed by atoms with Gasteiger partial charge >= 0.3 is 0 Å². The number of para-hydroxylation sites is 1. The fraction of sp³-hybridized carbons (Fsp3) is 0.304. The SMILES string of the molecule is CC(C)Oc1ccc(C2=C(N3CCCc4ccccc43)C(=O)N(C)C2=O)cc1. The Kier molecular flexibility index (Phi) is 4.67. The molecular formula is C23H24N2O3. The number of fused-ring (bicyclic) bond motifs is 1. The highest BCUT2D eigenvalue weighted by Crippen LogP contribution is 2.37. The van der Waals surface area contributed by atoms with Crippen molar-refractivity contribution in [2.24, 2.45) is 0 Å². The van der Waals surface area contributed by atoms with Crippen LogP contribution in [0.25, 0.3) is 5.57 Å². The molecule has 2 aromatic carbocycles. The van der Waals surface area contributed by atoms with E-state index in [1.807, 2.05) is 61.2 Å². The zero-order valence-corrected chi connectivity index (χ0v) is 16.4. The Hall–Kier alpha value is -3.08. The van der Waals surface area contributed by atoms with Crippen molar-refractivity contribution in [2.75, 3.05) is 18.5 Å². The Morgan fingerprint density at radius 2 is 1.68 bits per heavy atom. The van der Waals surface area contributed by atoms with Gasteiger partial charge in [-0.2, -0.15) is 0 Å². The van der Waals surface area contributed by atoms with Gasteiger partial charge in [-0.25, -0.2) is 0 Å². The van der Waals surface area contributed by atoms with Crippen LogP contribution < -0.4 is 9.64 Å². The van der Waals surface area contributed by atoms with E-state index in [0.29, 0.717) is 11.3 Å². The van der Waals surface area contributed by atoms with Crippen molar-refractivity contribution in [3.63, 3.8) is 0 Å². The Morgan fingerprint density at radius 1 is 0.964 bits per heavy atom. The number of carbonyl (C=O) groups excluding carboxylic acids is 2. The minimum Gasteiger partial charge on any atom is -0.491 e. The summed E-state index contributed by atoms with van der Waals surface area (Å²) in [5, 5.41) is 0. The molecule has 144 valence electrons. The van der Waals surface area contributed by atoms with E-state index in [0.717, 1.165) is 36.4 Å². The summed E-state index contributed by atoms with van der Waals surface area (Å²) in [6.07, 6.45) is 2.00. The van der Waals surface area contributed by atoms with Crippen molar-refractivity contribution in [2.45, 2.75) is 32.8 Å². The van der Waals surface area contributed by atoms with Crippen molar-refractivity contribution in [3.05, 3.63) is 65.4 Å². The zero-order valence-electron chi connectivity index (χ0n) is 16.4. The third-order valence-corrected chi connectivity index (χ3v) is 5.16. The molecule has 0 saturated carbocycles. The molecule has 0 atom stereocenters. The van der Waals surface area contributed by atoms with Gasteiger partial charge in [0.15, 0.2) is 0 Å². The summed E-state index contributed by atoms with van der Waals surface area (Å²) in [6, 6.07) is 15.5. The third kappa shape index (κ3) is 3.07. The van der Waals surface area contributed by atoms with E-state index < -0.39 is 0 Å². The Morgan fingerprint density at radius 3 is 2.39 bits per heavy atom. The lowest BCUT2D eigenvalue weighted by molar-refractivity contribution is -0.135. The molecule has 0 unspecified atom stereocenters. The number of imide groups is 1. The number of benzene rings is 2. The number of likely N-dealkylation sites (N-methyl/N-ethyl adjacent to an activating group) is 1.